The molecule has 1 atom stereocenters. The molecule has 0 aliphatic rings. The molecule has 3 heteroatoms. The number of benzene rings is 3. The molecule has 0 heterocycles. The molecule has 0 aliphatic carbocycles. The largest absolute Gasteiger partial charge is 0.392 e. The molecular formula is C23H25NO2. The van der Waals surface area contributed by atoms with Crippen LogP contribution in [0.5, 0.6) is 0 Å². The van der Waals surface area contributed by atoms with Crippen LogP contribution in [0, 0.1) is 0 Å². The second-order valence-corrected chi connectivity index (χ2v) is 6.31. The van der Waals surface area contributed by atoms with Gasteiger partial charge in [0.1, 0.15) is 5.60 Å². The molecule has 0 fully saturated rings. The molecule has 0 unspecified atom stereocenters. The van der Waals surface area contributed by atoms with Gasteiger partial charge in [0.15, 0.2) is 0 Å². The first-order chi connectivity index (χ1) is 12.8. The zero-order valence-electron chi connectivity index (χ0n) is 14.8. The smallest absolute Gasteiger partial charge is 0.143 e. The van der Waals surface area contributed by atoms with E-state index in [0.29, 0.717) is 13.0 Å². The quantitative estimate of drug-likeness (QED) is 0.611. The predicted octanol–water partition coefficient (Wildman–Crippen LogP) is 3.70. The Labute approximate surface area is 155 Å². The van der Waals surface area contributed by atoms with Crippen LogP contribution in [0.1, 0.15) is 23.1 Å². The molecule has 3 rings (SSSR count). The third-order valence-electron chi connectivity index (χ3n) is 4.58. The first-order valence-electron chi connectivity index (χ1n) is 8.96. The Morgan fingerprint density at radius 1 is 0.731 bits per heavy atom. The normalized spacial score (nSPS) is 12.7. The zero-order chi connectivity index (χ0) is 18.2. The Balaban J connectivity index is 2.11. The first-order valence-corrected chi connectivity index (χ1v) is 8.96. The van der Waals surface area contributed by atoms with Gasteiger partial charge in [-0.05, 0) is 23.1 Å². The highest BCUT2D eigenvalue weighted by Gasteiger charge is 2.37. The second kappa shape index (κ2) is 8.77. The lowest BCUT2D eigenvalue weighted by molar-refractivity contribution is -0.00412. The fraction of sp³-hybridized carbons (Fsp3) is 0.217. The molecule has 3 aromatic carbocycles. The summed E-state index contributed by atoms with van der Waals surface area (Å²) in [5, 5.41) is 9.86. The van der Waals surface area contributed by atoms with E-state index in [1.54, 1.807) is 0 Å². The fourth-order valence-electron chi connectivity index (χ4n) is 3.23. The van der Waals surface area contributed by atoms with Crippen LogP contribution in [0.25, 0.3) is 0 Å². The van der Waals surface area contributed by atoms with Gasteiger partial charge in [0.2, 0.25) is 0 Å². The molecular weight excluding hydrogens is 322 g/mol. The van der Waals surface area contributed by atoms with E-state index in [-0.39, 0.29) is 6.54 Å². The van der Waals surface area contributed by atoms with Gasteiger partial charge >= 0.3 is 0 Å². The summed E-state index contributed by atoms with van der Waals surface area (Å²) in [5.74, 6) is 0. The molecule has 0 saturated carbocycles. The Hall–Kier alpha value is -2.46. The summed E-state index contributed by atoms with van der Waals surface area (Å²) in [6, 6.07) is 30.6. The van der Waals surface area contributed by atoms with Gasteiger partial charge in [-0.25, -0.2) is 0 Å². The summed E-state index contributed by atoms with van der Waals surface area (Å²) in [5.41, 5.74) is 7.98. The Morgan fingerprint density at radius 2 is 1.12 bits per heavy atom. The van der Waals surface area contributed by atoms with Crippen LogP contribution in [0.3, 0.4) is 0 Å². The van der Waals surface area contributed by atoms with Crippen LogP contribution < -0.4 is 5.73 Å². The summed E-state index contributed by atoms with van der Waals surface area (Å²) in [7, 11) is 0. The number of nitrogens with two attached hydrogens (primary N) is 1. The van der Waals surface area contributed by atoms with Crippen molar-refractivity contribution >= 4 is 0 Å². The molecule has 26 heavy (non-hydrogen) atoms. The van der Waals surface area contributed by atoms with Gasteiger partial charge < -0.3 is 15.6 Å². The maximum absolute atomic E-state index is 9.86. The summed E-state index contributed by atoms with van der Waals surface area (Å²) in [6.45, 7) is 0.634. The molecule has 3 aromatic rings. The minimum atomic E-state index is -0.738. The fourth-order valence-corrected chi connectivity index (χ4v) is 3.23. The van der Waals surface area contributed by atoms with Crippen LogP contribution in [0.15, 0.2) is 91.0 Å². The SMILES string of the molecule is NC[C@H](O)CCOC(c1ccccc1)(c1ccccc1)c1ccccc1. The van der Waals surface area contributed by atoms with Crippen molar-refractivity contribution in [3.05, 3.63) is 108 Å². The average Bonchev–Trinajstić information content (AvgIpc) is 2.73. The van der Waals surface area contributed by atoms with Crippen molar-refractivity contribution in [3.8, 4) is 0 Å². The molecule has 0 aromatic heterocycles. The highest BCUT2D eigenvalue weighted by Crippen LogP contribution is 2.40. The standard InChI is InChI=1S/C23H25NO2/c24-18-22(25)16-17-26-23(19-10-4-1-5-11-19,20-12-6-2-7-13-20)21-14-8-3-9-15-21/h1-15,22,25H,16-18,24H2/t22-/m1/s1. The van der Waals surface area contributed by atoms with Crippen molar-refractivity contribution in [2.45, 2.75) is 18.1 Å². The van der Waals surface area contributed by atoms with Gasteiger partial charge in [0.05, 0.1) is 12.7 Å². The molecule has 0 radical (unpaired) electrons. The lowest BCUT2D eigenvalue weighted by Crippen LogP contribution is -2.34. The van der Waals surface area contributed by atoms with E-state index in [1.807, 2.05) is 54.6 Å². The molecule has 0 bridgehead atoms. The van der Waals surface area contributed by atoms with Gasteiger partial charge in [-0.15, -0.1) is 0 Å². The Kier molecular flexibility index (Phi) is 6.18. The predicted molar refractivity (Wildman–Crippen MR) is 105 cm³/mol. The first kappa shape index (κ1) is 18.3. The van der Waals surface area contributed by atoms with Crippen molar-refractivity contribution in [1.82, 2.24) is 0 Å². The van der Waals surface area contributed by atoms with E-state index in [2.05, 4.69) is 36.4 Å². The minimum absolute atomic E-state index is 0.234. The Morgan fingerprint density at radius 3 is 1.46 bits per heavy atom. The van der Waals surface area contributed by atoms with E-state index in [0.717, 1.165) is 16.7 Å². The maximum Gasteiger partial charge on any atom is 0.143 e. The molecule has 0 saturated heterocycles. The Bertz CT molecular complexity index is 678. The summed E-state index contributed by atoms with van der Waals surface area (Å²) in [6.07, 6.45) is -0.0693. The van der Waals surface area contributed by atoms with Crippen LogP contribution in [0.2, 0.25) is 0 Å². The zero-order valence-corrected chi connectivity index (χ0v) is 14.8. The number of ether oxygens (including phenoxy) is 1. The highest BCUT2D eigenvalue weighted by molar-refractivity contribution is 5.47. The van der Waals surface area contributed by atoms with Crippen molar-refractivity contribution in [2.24, 2.45) is 5.73 Å². The summed E-state index contributed by atoms with van der Waals surface area (Å²) in [4.78, 5) is 0. The van der Waals surface area contributed by atoms with Gasteiger partial charge in [0, 0.05) is 6.54 Å². The highest BCUT2D eigenvalue weighted by atomic mass is 16.5. The summed E-state index contributed by atoms with van der Waals surface area (Å²) < 4.78 is 6.54. The number of aliphatic hydroxyl groups is 1. The van der Waals surface area contributed by atoms with Crippen LogP contribution >= 0.6 is 0 Å². The molecule has 0 amide bonds. The maximum atomic E-state index is 9.86. The molecule has 0 aliphatic heterocycles. The van der Waals surface area contributed by atoms with E-state index in [9.17, 15) is 5.11 Å². The molecule has 134 valence electrons. The minimum Gasteiger partial charge on any atom is -0.392 e. The van der Waals surface area contributed by atoms with Gasteiger partial charge in [-0.1, -0.05) is 91.0 Å². The van der Waals surface area contributed by atoms with Gasteiger partial charge in [0.25, 0.3) is 0 Å². The van der Waals surface area contributed by atoms with Crippen molar-refractivity contribution in [3.63, 3.8) is 0 Å². The van der Waals surface area contributed by atoms with Crippen LogP contribution in [0.4, 0.5) is 0 Å². The number of hydrogen-bond acceptors (Lipinski definition) is 3. The van der Waals surface area contributed by atoms with Crippen molar-refractivity contribution < 1.29 is 9.84 Å². The molecule has 0 spiro atoms. The lowest BCUT2D eigenvalue weighted by Gasteiger charge is -2.36. The third-order valence-corrected chi connectivity index (χ3v) is 4.58. The van der Waals surface area contributed by atoms with Crippen molar-refractivity contribution in [1.29, 1.82) is 0 Å². The van der Waals surface area contributed by atoms with E-state index < -0.39 is 11.7 Å². The van der Waals surface area contributed by atoms with Crippen LogP contribution in [-0.2, 0) is 10.3 Å². The van der Waals surface area contributed by atoms with Crippen LogP contribution in [-0.4, -0.2) is 24.4 Å². The average molecular weight is 347 g/mol. The number of rotatable bonds is 8. The third kappa shape index (κ3) is 3.86. The van der Waals surface area contributed by atoms with Gasteiger partial charge in [-0.2, -0.15) is 0 Å². The summed E-state index contributed by atoms with van der Waals surface area (Å²) >= 11 is 0. The number of hydrogen-bond donors (Lipinski definition) is 2. The number of aliphatic hydroxyl groups excluding tert-OH is 1. The second-order valence-electron chi connectivity index (χ2n) is 6.31. The monoisotopic (exact) mass is 347 g/mol. The molecule has 3 nitrogen and oxygen atoms in total. The van der Waals surface area contributed by atoms with Crippen molar-refractivity contribution in [2.75, 3.05) is 13.2 Å². The lowest BCUT2D eigenvalue weighted by atomic mass is 9.80. The van der Waals surface area contributed by atoms with E-state index in [4.69, 9.17) is 10.5 Å². The topological polar surface area (TPSA) is 55.5 Å². The van der Waals surface area contributed by atoms with E-state index in [1.165, 1.54) is 0 Å². The van der Waals surface area contributed by atoms with E-state index >= 15 is 0 Å². The van der Waals surface area contributed by atoms with Gasteiger partial charge in [-0.3, -0.25) is 0 Å². The molecule has 3 N–H and O–H groups in total.